The maximum Gasteiger partial charge on any atom is 0.410 e. The Morgan fingerprint density at radius 2 is 1.92 bits per heavy atom. The zero-order valence-corrected chi connectivity index (χ0v) is 15.3. The number of ether oxygens (including phenoxy) is 1. The van der Waals surface area contributed by atoms with Gasteiger partial charge in [0, 0.05) is 30.3 Å². The molecular formula is C15H25N5O3S. The van der Waals surface area contributed by atoms with Gasteiger partial charge in [0.05, 0.1) is 5.88 Å². The van der Waals surface area contributed by atoms with Crippen LogP contribution in [0.25, 0.3) is 10.4 Å². The largest absolute Gasteiger partial charge is 0.444 e. The highest BCUT2D eigenvalue weighted by Crippen LogP contribution is 2.27. The summed E-state index contributed by atoms with van der Waals surface area (Å²) in [6, 6.07) is -0.672. The molecule has 2 aliphatic heterocycles. The number of thioether (sulfide) groups is 1. The number of carbonyl (C=O) groups is 2. The topological polar surface area (TPSA) is 98.6 Å². The number of piperidine rings is 1. The van der Waals surface area contributed by atoms with Crippen LogP contribution in [-0.4, -0.2) is 64.7 Å². The number of hydrogen-bond acceptors (Lipinski definition) is 5. The van der Waals surface area contributed by atoms with Gasteiger partial charge in [-0.1, -0.05) is 5.11 Å². The van der Waals surface area contributed by atoms with Crippen molar-refractivity contribution in [2.24, 2.45) is 11.0 Å². The number of amides is 2. The summed E-state index contributed by atoms with van der Waals surface area (Å²) in [4.78, 5) is 31.0. The van der Waals surface area contributed by atoms with Gasteiger partial charge in [-0.2, -0.15) is 0 Å². The highest BCUT2D eigenvalue weighted by molar-refractivity contribution is 7.99. The van der Waals surface area contributed by atoms with E-state index in [-0.39, 0.29) is 17.9 Å². The first-order chi connectivity index (χ1) is 11.3. The fourth-order valence-corrected chi connectivity index (χ4v) is 3.86. The van der Waals surface area contributed by atoms with Gasteiger partial charge in [0.25, 0.3) is 0 Å². The molecule has 0 aromatic heterocycles. The Kier molecular flexibility index (Phi) is 6.23. The lowest BCUT2D eigenvalue weighted by Crippen LogP contribution is -2.47. The molecule has 134 valence electrons. The molecule has 0 radical (unpaired) electrons. The highest BCUT2D eigenvalue weighted by Gasteiger charge is 2.36. The van der Waals surface area contributed by atoms with Crippen molar-refractivity contribution in [1.82, 2.24) is 9.80 Å². The minimum Gasteiger partial charge on any atom is -0.444 e. The van der Waals surface area contributed by atoms with Gasteiger partial charge >= 0.3 is 6.09 Å². The minimum absolute atomic E-state index is 0.0299. The molecule has 2 fully saturated rings. The van der Waals surface area contributed by atoms with Crippen molar-refractivity contribution in [3.63, 3.8) is 0 Å². The van der Waals surface area contributed by atoms with Crippen molar-refractivity contribution in [1.29, 1.82) is 0 Å². The van der Waals surface area contributed by atoms with Crippen molar-refractivity contribution in [3.05, 3.63) is 10.4 Å². The van der Waals surface area contributed by atoms with E-state index in [9.17, 15) is 9.59 Å². The first kappa shape index (κ1) is 18.7. The normalized spacial score (nSPS) is 20.5. The van der Waals surface area contributed by atoms with Crippen LogP contribution in [0.3, 0.4) is 0 Å². The summed E-state index contributed by atoms with van der Waals surface area (Å²) < 4.78 is 5.38. The van der Waals surface area contributed by atoms with Crippen LogP contribution in [0.2, 0.25) is 0 Å². The third-order valence-electron chi connectivity index (χ3n) is 4.13. The average molecular weight is 355 g/mol. The van der Waals surface area contributed by atoms with Crippen LogP contribution in [0.1, 0.15) is 33.6 Å². The molecule has 2 amide bonds. The molecule has 8 nitrogen and oxygen atoms in total. The molecule has 0 N–H and O–H groups in total. The summed E-state index contributed by atoms with van der Waals surface area (Å²) in [5.74, 6) is 1.46. The Balaban J connectivity index is 1.94. The minimum atomic E-state index is -0.672. The Hall–Kier alpha value is -1.60. The molecule has 2 saturated heterocycles. The van der Waals surface area contributed by atoms with E-state index in [0.29, 0.717) is 38.4 Å². The molecule has 0 spiro atoms. The molecule has 2 rings (SSSR count). The smallest absolute Gasteiger partial charge is 0.410 e. The van der Waals surface area contributed by atoms with Gasteiger partial charge in [-0.25, -0.2) is 4.79 Å². The van der Waals surface area contributed by atoms with E-state index in [1.807, 2.05) is 20.8 Å². The molecule has 1 atom stereocenters. The van der Waals surface area contributed by atoms with Gasteiger partial charge in [-0.15, -0.1) is 11.8 Å². The van der Waals surface area contributed by atoms with E-state index in [2.05, 4.69) is 10.0 Å². The number of hydrogen-bond donors (Lipinski definition) is 0. The van der Waals surface area contributed by atoms with Crippen molar-refractivity contribution >= 4 is 23.8 Å². The van der Waals surface area contributed by atoms with Crippen molar-refractivity contribution < 1.29 is 14.3 Å². The number of carbonyl (C=O) groups excluding carboxylic acids is 2. The van der Waals surface area contributed by atoms with Gasteiger partial charge in [-0.05, 0) is 45.1 Å². The lowest BCUT2D eigenvalue weighted by Gasteiger charge is -2.35. The van der Waals surface area contributed by atoms with Gasteiger partial charge in [0.2, 0.25) is 5.91 Å². The first-order valence-corrected chi connectivity index (χ1v) is 9.36. The standard InChI is InChI=1S/C15H25N5O3S/c1-15(2,3)23-14(22)19-6-4-11(5-7-19)12(17-18-16)13(21)20-8-9-24-10-20/h11-12H,4-10H2,1-3H3/t12-/m0/s1. The van der Waals surface area contributed by atoms with Crippen LogP contribution < -0.4 is 0 Å². The summed E-state index contributed by atoms with van der Waals surface area (Å²) in [5.41, 5.74) is 8.30. The Morgan fingerprint density at radius 1 is 1.25 bits per heavy atom. The first-order valence-electron chi connectivity index (χ1n) is 8.20. The summed E-state index contributed by atoms with van der Waals surface area (Å²) in [6.07, 6.45) is 0.939. The lowest BCUT2D eigenvalue weighted by atomic mass is 9.89. The highest BCUT2D eigenvalue weighted by atomic mass is 32.2. The fraction of sp³-hybridized carbons (Fsp3) is 0.867. The zero-order valence-electron chi connectivity index (χ0n) is 14.5. The summed E-state index contributed by atoms with van der Waals surface area (Å²) in [6.45, 7) is 7.24. The number of azide groups is 1. The van der Waals surface area contributed by atoms with Gasteiger partial charge in [0.15, 0.2) is 0 Å². The summed E-state index contributed by atoms with van der Waals surface area (Å²) >= 11 is 1.70. The van der Waals surface area contributed by atoms with Gasteiger partial charge < -0.3 is 14.5 Å². The molecule has 0 aromatic carbocycles. The van der Waals surface area contributed by atoms with Crippen LogP contribution >= 0.6 is 11.8 Å². The van der Waals surface area contributed by atoms with Crippen molar-refractivity contribution in [3.8, 4) is 0 Å². The molecule has 0 unspecified atom stereocenters. The predicted molar refractivity (Wildman–Crippen MR) is 92.5 cm³/mol. The molecule has 0 aromatic rings. The molecular weight excluding hydrogens is 330 g/mol. The van der Waals surface area contributed by atoms with Crippen LogP contribution in [-0.2, 0) is 9.53 Å². The second-order valence-electron chi connectivity index (χ2n) is 7.09. The lowest BCUT2D eigenvalue weighted by molar-refractivity contribution is -0.132. The van der Waals surface area contributed by atoms with Crippen molar-refractivity contribution in [2.45, 2.75) is 45.3 Å². The van der Waals surface area contributed by atoms with Crippen molar-refractivity contribution in [2.75, 3.05) is 31.3 Å². The maximum atomic E-state index is 12.6. The molecule has 24 heavy (non-hydrogen) atoms. The van der Waals surface area contributed by atoms with Gasteiger partial charge in [0.1, 0.15) is 11.6 Å². The SMILES string of the molecule is CC(C)(C)OC(=O)N1CCC([C@H](N=[N+]=[N-])C(=O)N2CCSC2)CC1. The van der Waals surface area contributed by atoms with E-state index in [4.69, 9.17) is 10.3 Å². The fourth-order valence-electron chi connectivity index (χ4n) is 2.90. The molecule has 0 aliphatic carbocycles. The third-order valence-corrected chi connectivity index (χ3v) is 5.10. The number of rotatable bonds is 3. The summed E-state index contributed by atoms with van der Waals surface area (Å²) in [5, 5.41) is 3.77. The van der Waals surface area contributed by atoms with Crippen LogP contribution in [0.15, 0.2) is 5.11 Å². The van der Waals surface area contributed by atoms with Crippen LogP contribution in [0.5, 0.6) is 0 Å². The zero-order chi connectivity index (χ0) is 17.7. The van der Waals surface area contributed by atoms with E-state index in [0.717, 1.165) is 5.75 Å². The monoisotopic (exact) mass is 355 g/mol. The number of nitrogens with zero attached hydrogens (tertiary/aromatic N) is 5. The maximum absolute atomic E-state index is 12.6. The average Bonchev–Trinajstić information content (AvgIpc) is 3.05. The van der Waals surface area contributed by atoms with Crippen LogP contribution in [0, 0.1) is 5.92 Å². The molecule has 2 heterocycles. The molecule has 0 saturated carbocycles. The van der Waals surface area contributed by atoms with E-state index >= 15 is 0 Å². The third kappa shape index (κ3) is 4.95. The number of likely N-dealkylation sites (tertiary alicyclic amines) is 1. The Morgan fingerprint density at radius 3 is 2.42 bits per heavy atom. The molecule has 0 bridgehead atoms. The second kappa shape index (κ2) is 7.98. The van der Waals surface area contributed by atoms with E-state index in [1.54, 1.807) is 21.6 Å². The van der Waals surface area contributed by atoms with Crippen LogP contribution in [0.4, 0.5) is 4.79 Å². The second-order valence-corrected chi connectivity index (χ2v) is 8.17. The van der Waals surface area contributed by atoms with E-state index in [1.165, 1.54) is 0 Å². The molecule has 2 aliphatic rings. The van der Waals surface area contributed by atoms with E-state index < -0.39 is 11.6 Å². The quantitative estimate of drug-likeness (QED) is 0.441. The Labute approximate surface area is 146 Å². The molecule has 9 heteroatoms. The Bertz CT molecular complexity index is 516. The predicted octanol–water partition coefficient (Wildman–Crippen LogP) is 2.85. The summed E-state index contributed by atoms with van der Waals surface area (Å²) in [7, 11) is 0. The van der Waals surface area contributed by atoms with Gasteiger partial charge in [-0.3, -0.25) is 4.79 Å².